The number of rotatable bonds is 5. The molecule has 0 spiro atoms. The summed E-state index contributed by atoms with van der Waals surface area (Å²) < 4.78 is 10.7. The summed E-state index contributed by atoms with van der Waals surface area (Å²) in [6.45, 7) is 1.90. The van der Waals surface area contributed by atoms with E-state index in [0.717, 1.165) is 42.6 Å². The number of methoxy groups -OCH3 is 2. The maximum atomic E-state index is 12.5. The fraction of sp³-hybridized carbons (Fsp3) is 0.444. The van der Waals surface area contributed by atoms with Gasteiger partial charge in [-0.25, -0.2) is 0 Å². The number of hydrogen-bond donors (Lipinski definition) is 2. The number of ether oxygens (including phenoxy) is 2. The van der Waals surface area contributed by atoms with Gasteiger partial charge in [-0.05, 0) is 31.9 Å². The highest BCUT2D eigenvalue weighted by atomic mass is 16.5. The Kier molecular flexibility index (Phi) is 4.74. The first-order chi connectivity index (χ1) is 11.6. The van der Waals surface area contributed by atoms with E-state index in [4.69, 9.17) is 9.47 Å². The number of aryl methyl sites for hydroxylation is 1. The second-order valence-electron chi connectivity index (χ2n) is 6.11. The van der Waals surface area contributed by atoms with Gasteiger partial charge in [0.2, 0.25) is 5.91 Å². The highest BCUT2D eigenvalue weighted by Crippen LogP contribution is 2.37. The Morgan fingerprint density at radius 3 is 2.67 bits per heavy atom. The summed E-state index contributed by atoms with van der Waals surface area (Å²) >= 11 is 0. The van der Waals surface area contributed by atoms with E-state index in [0.29, 0.717) is 17.2 Å². The first kappa shape index (κ1) is 16.4. The summed E-state index contributed by atoms with van der Waals surface area (Å²) in [7, 11) is 3.22. The van der Waals surface area contributed by atoms with Gasteiger partial charge < -0.3 is 14.8 Å². The van der Waals surface area contributed by atoms with Crippen molar-refractivity contribution in [2.24, 2.45) is 5.92 Å². The highest BCUT2D eigenvalue weighted by molar-refractivity contribution is 5.97. The topological polar surface area (TPSA) is 76.2 Å². The van der Waals surface area contributed by atoms with Crippen LogP contribution in [0.4, 0.5) is 5.69 Å². The molecule has 1 aromatic heterocycles. The molecule has 0 saturated heterocycles. The summed E-state index contributed by atoms with van der Waals surface area (Å²) in [5.74, 6) is 1.53. The van der Waals surface area contributed by atoms with Crippen LogP contribution >= 0.6 is 0 Å². The molecule has 1 aliphatic carbocycles. The van der Waals surface area contributed by atoms with Gasteiger partial charge in [0.1, 0.15) is 17.2 Å². The molecule has 1 fully saturated rings. The normalized spacial score (nSPS) is 14.6. The molecule has 24 heavy (non-hydrogen) atoms. The van der Waals surface area contributed by atoms with Crippen molar-refractivity contribution < 1.29 is 14.3 Å². The molecule has 2 N–H and O–H groups in total. The number of nitrogens with zero attached hydrogens (tertiary/aromatic N) is 1. The number of carbonyl (C=O) groups is 1. The average Bonchev–Trinajstić information content (AvgIpc) is 3.25. The SMILES string of the molecule is COc1ccc(-c2n[nH]c(C)c2NC(=O)C2CCCC2)c(OC)c1. The van der Waals surface area contributed by atoms with Gasteiger partial charge in [0.25, 0.3) is 0 Å². The van der Waals surface area contributed by atoms with Crippen LogP contribution in [0.5, 0.6) is 11.5 Å². The Labute approximate surface area is 141 Å². The van der Waals surface area contributed by atoms with E-state index in [9.17, 15) is 4.79 Å². The zero-order valence-corrected chi connectivity index (χ0v) is 14.3. The molecule has 0 atom stereocenters. The Hall–Kier alpha value is -2.50. The number of carbonyl (C=O) groups excluding carboxylic acids is 1. The Bertz CT molecular complexity index is 733. The molecule has 0 radical (unpaired) electrons. The minimum Gasteiger partial charge on any atom is -0.497 e. The monoisotopic (exact) mass is 329 g/mol. The zero-order valence-electron chi connectivity index (χ0n) is 14.3. The molecule has 1 amide bonds. The van der Waals surface area contributed by atoms with Crippen LogP contribution in [0.3, 0.4) is 0 Å². The number of aromatic nitrogens is 2. The number of benzene rings is 1. The summed E-state index contributed by atoms with van der Waals surface area (Å²) in [6.07, 6.45) is 4.18. The first-order valence-electron chi connectivity index (χ1n) is 8.22. The van der Waals surface area contributed by atoms with Gasteiger partial charge in [-0.3, -0.25) is 9.89 Å². The molecule has 0 bridgehead atoms. The van der Waals surface area contributed by atoms with Gasteiger partial charge in [-0.1, -0.05) is 12.8 Å². The van der Waals surface area contributed by atoms with E-state index in [1.54, 1.807) is 14.2 Å². The predicted octanol–water partition coefficient (Wildman–Crippen LogP) is 3.53. The van der Waals surface area contributed by atoms with Crippen molar-refractivity contribution in [3.8, 4) is 22.8 Å². The highest BCUT2D eigenvalue weighted by Gasteiger charge is 2.25. The Morgan fingerprint density at radius 2 is 2.00 bits per heavy atom. The van der Waals surface area contributed by atoms with E-state index in [2.05, 4.69) is 15.5 Å². The largest absolute Gasteiger partial charge is 0.497 e. The molecule has 0 aliphatic heterocycles. The van der Waals surface area contributed by atoms with Crippen LogP contribution in [-0.2, 0) is 4.79 Å². The number of amides is 1. The molecule has 1 saturated carbocycles. The third kappa shape index (κ3) is 3.09. The lowest BCUT2D eigenvalue weighted by Gasteiger charge is -2.13. The molecule has 1 aromatic carbocycles. The van der Waals surface area contributed by atoms with Crippen molar-refractivity contribution in [2.75, 3.05) is 19.5 Å². The summed E-state index contributed by atoms with van der Waals surface area (Å²) in [4.78, 5) is 12.5. The molecular weight excluding hydrogens is 306 g/mol. The maximum absolute atomic E-state index is 12.5. The second-order valence-corrected chi connectivity index (χ2v) is 6.11. The standard InChI is InChI=1S/C18H23N3O3/c1-11-16(19-18(22)12-6-4-5-7-12)17(21-20-11)14-9-8-13(23-2)10-15(14)24-3/h8-10,12H,4-7H2,1-3H3,(H,19,22)(H,20,21). The number of nitrogens with one attached hydrogen (secondary N) is 2. The van der Waals surface area contributed by atoms with E-state index >= 15 is 0 Å². The van der Waals surface area contributed by atoms with E-state index in [-0.39, 0.29) is 11.8 Å². The summed E-state index contributed by atoms with van der Waals surface area (Å²) in [5.41, 5.74) is 3.03. The minimum atomic E-state index is 0.0747. The smallest absolute Gasteiger partial charge is 0.227 e. The quantitative estimate of drug-likeness (QED) is 0.880. The lowest BCUT2D eigenvalue weighted by molar-refractivity contribution is -0.119. The number of anilines is 1. The van der Waals surface area contributed by atoms with Gasteiger partial charge in [-0.15, -0.1) is 0 Å². The molecular formula is C18H23N3O3. The lowest BCUT2D eigenvalue weighted by Crippen LogP contribution is -2.20. The van der Waals surface area contributed by atoms with Crippen LogP contribution in [-0.4, -0.2) is 30.3 Å². The van der Waals surface area contributed by atoms with Crippen molar-refractivity contribution in [2.45, 2.75) is 32.6 Å². The third-order valence-electron chi connectivity index (χ3n) is 4.59. The van der Waals surface area contributed by atoms with Crippen molar-refractivity contribution in [3.63, 3.8) is 0 Å². The van der Waals surface area contributed by atoms with Crippen LogP contribution in [0.2, 0.25) is 0 Å². The molecule has 128 valence electrons. The van der Waals surface area contributed by atoms with E-state index in [1.165, 1.54) is 0 Å². The van der Waals surface area contributed by atoms with Crippen LogP contribution in [0.25, 0.3) is 11.3 Å². The van der Waals surface area contributed by atoms with Gasteiger partial charge in [0, 0.05) is 17.5 Å². The van der Waals surface area contributed by atoms with Crippen molar-refractivity contribution >= 4 is 11.6 Å². The van der Waals surface area contributed by atoms with Gasteiger partial charge in [0.05, 0.1) is 25.6 Å². The minimum absolute atomic E-state index is 0.0747. The molecule has 6 nitrogen and oxygen atoms in total. The summed E-state index contributed by atoms with van der Waals surface area (Å²) in [5, 5.41) is 10.4. The number of aromatic amines is 1. The molecule has 0 unspecified atom stereocenters. The van der Waals surface area contributed by atoms with Crippen LogP contribution in [0, 0.1) is 12.8 Å². The van der Waals surface area contributed by atoms with Crippen molar-refractivity contribution in [1.29, 1.82) is 0 Å². The Balaban J connectivity index is 1.93. The molecule has 3 rings (SSSR count). The molecule has 6 heteroatoms. The molecule has 2 aromatic rings. The summed E-state index contributed by atoms with van der Waals surface area (Å²) in [6, 6.07) is 5.55. The van der Waals surface area contributed by atoms with Gasteiger partial charge in [-0.2, -0.15) is 5.10 Å². The predicted molar refractivity (Wildman–Crippen MR) is 92.5 cm³/mol. The van der Waals surface area contributed by atoms with Crippen LogP contribution in [0.1, 0.15) is 31.4 Å². The lowest BCUT2D eigenvalue weighted by atomic mass is 10.1. The first-order valence-corrected chi connectivity index (χ1v) is 8.22. The maximum Gasteiger partial charge on any atom is 0.227 e. The zero-order chi connectivity index (χ0) is 17.1. The molecule has 1 aliphatic rings. The van der Waals surface area contributed by atoms with E-state index in [1.807, 2.05) is 25.1 Å². The molecule has 1 heterocycles. The van der Waals surface area contributed by atoms with Gasteiger partial charge in [0.15, 0.2) is 0 Å². The van der Waals surface area contributed by atoms with E-state index < -0.39 is 0 Å². The number of H-pyrrole nitrogens is 1. The average molecular weight is 329 g/mol. The number of hydrogen-bond acceptors (Lipinski definition) is 4. The Morgan fingerprint density at radius 1 is 1.25 bits per heavy atom. The van der Waals surface area contributed by atoms with Crippen LogP contribution < -0.4 is 14.8 Å². The fourth-order valence-electron chi connectivity index (χ4n) is 3.18. The van der Waals surface area contributed by atoms with Crippen molar-refractivity contribution in [3.05, 3.63) is 23.9 Å². The fourth-order valence-corrected chi connectivity index (χ4v) is 3.18. The third-order valence-corrected chi connectivity index (χ3v) is 4.59. The van der Waals surface area contributed by atoms with Crippen LogP contribution in [0.15, 0.2) is 18.2 Å². The second kappa shape index (κ2) is 6.95. The van der Waals surface area contributed by atoms with Crippen molar-refractivity contribution in [1.82, 2.24) is 10.2 Å². The van der Waals surface area contributed by atoms with Gasteiger partial charge >= 0.3 is 0 Å².